The van der Waals surface area contributed by atoms with Crippen LogP contribution in [0.5, 0.6) is 0 Å². The number of rotatable bonds is 2. The largest absolute Gasteiger partial charge is 0.341 e. The molecule has 1 fully saturated rings. The number of hydrogen-bond acceptors (Lipinski definition) is 2. The summed E-state index contributed by atoms with van der Waals surface area (Å²) in [6.45, 7) is 1.14. The first kappa shape index (κ1) is 13.0. The van der Waals surface area contributed by atoms with E-state index in [0.29, 0.717) is 13.1 Å². The second-order valence-corrected chi connectivity index (χ2v) is 4.63. The second-order valence-electron chi connectivity index (χ2n) is 4.63. The van der Waals surface area contributed by atoms with Gasteiger partial charge in [0.15, 0.2) is 11.6 Å². The fourth-order valence-corrected chi connectivity index (χ4v) is 2.20. The highest BCUT2D eigenvalue weighted by Crippen LogP contribution is 2.15. The molecular weight excluding hydrogens is 238 g/mol. The van der Waals surface area contributed by atoms with Crippen LogP contribution < -0.4 is 5.73 Å². The van der Waals surface area contributed by atoms with Crippen molar-refractivity contribution in [3.8, 4) is 0 Å². The lowest BCUT2D eigenvalue weighted by Gasteiger charge is -2.30. The maximum absolute atomic E-state index is 13.4. The zero-order valence-corrected chi connectivity index (χ0v) is 10.0. The molecule has 0 spiro atoms. The molecule has 1 aliphatic heterocycles. The van der Waals surface area contributed by atoms with E-state index in [4.69, 9.17) is 5.73 Å². The van der Waals surface area contributed by atoms with Crippen molar-refractivity contribution in [1.82, 2.24) is 4.90 Å². The van der Waals surface area contributed by atoms with E-state index in [-0.39, 0.29) is 23.9 Å². The van der Waals surface area contributed by atoms with Crippen LogP contribution in [-0.2, 0) is 11.2 Å². The summed E-state index contributed by atoms with van der Waals surface area (Å²) in [7, 11) is 0. The maximum atomic E-state index is 13.4. The molecule has 1 aromatic rings. The highest BCUT2D eigenvalue weighted by molar-refractivity contribution is 5.79. The molecule has 1 unspecified atom stereocenters. The van der Waals surface area contributed by atoms with Gasteiger partial charge in [0, 0.05) is 24.7 Å². The number of nitrogens with two attached hydrogens (primary N) is 1. The van der Waals surface area contributed by atoms with E-state index >= 15 is 0 Å². The molecule has 0 aromatic heterocycles. The number of likely N-dealkylation sites (tertiary alicyclic amines) is 1. The van der Waals surface area contributed by atoms with Crippen LogP contribution in [0, 0.1) is 11.6 Å². The lowest BCUT2D eigenvalue weighted by molar-refractivity contribution is -0.131. The Morgan fingerprint density at radius 3 is 2.94 bits per heavy atom. The summed E-state index contributed by atoms with van der Waals surface area (Å²) >= 11 is 0. The van der Waals surface area contributed by atoms with Crippen LogP contribution >= 0.6 is 0 Å². The Morgan fingerprint density at radius 1 is 1.44 bits per heavy atom. The third-order valence-corrected chi connectivity index (χ3v) is 3.18. The van der Waals surface area contributed by atoms with Gasteiger partial charge in [-0.15, -0.1) is 0 Å². The lowest BCUT2D eigenvalue weighted by atomic mass is 10.0. The van der Waals surface area contributed by atoms with Crippen LogP contribution in [0.25, 0.3) is 0 Å². The topological polar surface area (TPSA) is 46.3 Å². The minimum Gasteiger partial charge on any atom is -0.341 e. The molecule has 0 aliphatic carbocycles. The third kappa shape index (κ3) is 2.85. The van der Waals surface area contributed by atoms with E-state index < -0.39 is 11.6 Å². The van der Waals surface area contributed by atoms with Gasteiger partial charge in [0.2, 0.25) is 5.91 Å². The molecule has 2 rings (SSSR count). The number of carbonyl (C=O) groups is 1. The minimum absolute atomic E-state index is 0.0138. The summed E-state index contributed by atoms with van der Waals surface area (Å²) in [5, 5.41) is 0. The quantitative estimate of drug-likeness (QED) is 0.868. The van der Waals surface area contributed by atoms with E-state index in [1.54, 1.807) is 4.90 Å². The zero-order valence-electron chi connectivity index (χ0n) is 10.0. The number of carbonyl (C=O) groups excluding carboxylic acids is 1. The Hall–Kier alpha value is -1.49. The standard InChI is InChI=1S/C13H16F2N2O/c14-11-5-1-3-9(13(11)15)7-12(18)17-6-2-4-10(16)8-17/h1,3,5,10H,2,4,6-8,16H2. The molecule has 0 saturated carbocycles. The number of benzene rings is 1. The van der Waals surface area contributed by atoms with Gasteiger partial charge in [0.1, 0.15) is 0 Å². The van der Waals surface area contributed by atoms with Gasteiger partial charge in [-0.2, -0.15) is 0 Å². The molecule has 1 aromatic carbocycles. The van der Waals surface area contributed by atoms with Crippen LogP contribution in [0.4, 0.5) is 8.78 Å². The molecule has 0 radical (unpaired) electrons. The average Bonchev–Trinajstić information content (AvgIpc) is 2.35. The summed E-state index contributed by atoms with van der Waals surface area (Å²) in [6, 6.07) is 3.86. The van der Waals surface area contributed by atoms with Gasteiger partial charge in [-0.3, -0.25) is 4.79 Å². The monoisotopic (exact) mass is 254 g/mol. The van der Waals surface area contributed by atoms with Gasteiger partial charge < -0.3 is 10.6 Å². The first-order valence-corrected chi connectivity index (χ1v) is 6.04. The van der Waals surface area contributed by atoms with Crippen molar-refractivity contribution in [3.05, 3.63) is 35.4 Å². The summed E-state index contributed by atoms with van der Waals surface area (Å²) < 4.78 is 26.4. The molecule has 2 N–H and O–H groups in total. The Morgan fingerprint density at radius 2 is 2.22 bits per heavy atom. The predicted molar refractivity (Wildman–Crippen MR) is 63.9 cm³/mol. The van der Waals surface area contributed by atoms with Crippen molar-refractivity contribution >= 4 is 5.91 Å². The Kier molecular flexibility index (Phi) is 3.91. The highest BCUT2D eigenvalue weighted by Gasteiger charge is 2.22. The van der Waals surface area contributed by atoms with Crippen LogP contribution in [0.15, 0.2) is 18.2 Å². The van der Waals surface area contributed by atoms with Gasteiger partial charge >= 0.3 is 0 Å². The van der Waals surface area contributed by atoms with Gasteiger partial charge in [-0.25, -0.2) is 8.78 Å². The van der Waals surface area contributed by atoms with Crippen molar-refractivity contribution in [2.45, 2.75) is 25.3 Å². The number of nitrogens with zero attached hydrogens (tertiary/aromatic N) is 1. The van der Waals surface area contributed by atoms with Crippen molar-refractivity contribution in [1.29, 1.82) is 0 Å². The van der Waals surface area contributed by atoms with Crippen molar-refractivity contribution in [2.24, 2.45) is 5.73 Å². The Balaban J connectivity index is 2.04. The fraction of sp³-hybridized carbons (Fsp3) is 0.462. The van der Waals surface area contributed by atoms with Crippen LogP contribution in [0.3, 0.4) is 0 Å². The van der Waals surface area contributed by atoms with Gasteiger partial charge in [-0.05, 0) is 18.9 Å². The number of amides is 1. The van der Waals surface area contributed by atoms with Crippen molar-refractivity contribution in [2.75, 3.05) is 13.1 Å². The maximum Gasteiger partial charge on any atom is 0.227 e. The highest BCUT2D eigenvalue weighted by atomic mass is 19.2. The molecule has 3 nitrogen and oxygen atoms in total. The number of hydrogen-bond donors (Lipinski definition) is 1. The molecular formula is C13H16F2N2O. The minimum atomic E-state index is -0.938. The Labute approximate surface area is 105 Å². The summed E-state index contributed by atoms with van der Waals surface area (Å²) in [4.78, 5) is 13.6. The Bertz CT molecular complexity index is 451. The van der Waals surface area contributed by atoms with Crippen LogP contribution in [0.1, 0.15) is 18.4 Å². The third-order valence-electron chi connectivity index (χ3n) is 3.18. The first-order valence-electron chi connectivity index (χ1n) is 6.04. The van der Waals surface area contributed by atoms with E-state index in [1.807, 2.05) is 0 Å². The second kappa shape index (κ2) is 5.44. The smallest absolute Gasteiger partial charge is 0.227 e. The normalized spacial score (nSPS) is 19.9. The fourth-order valence-electron chi connectivity index (χ4n) is 2.20. The predicted octanol–water partition coefficient (Wildman–Crippen LogP) is 1.46. The molecule has 1 heterocycles. The van der Waals surface area contributed by atoms with E-state index in [1.165, 1.54) is 12.1 Å². The SMILES string of the molecule is NC1CCCN(C(=O)Cc2cccc(F)c2F)C1. The van der Waals surface area contributed by atoms with Gasteiger partial charge in [0.05, 0.1) is 6.42 Å². The summed E-state index contributed by atoms with van der Waals surface area (Å²) in [5.41, 5.74) is 5.88. The van der Waals surface area contributed by atoms with E-state index in [0.717, 1.165) is 18.9 Å². The van der Waals surface area contributed by atoms with Crippen LogP contribution in [0.2, 0.25) is 0 Å². The van der Waals surface area contributed by atoms with E-state index in [9.17, 15) is 13.6 Å². The molecule has 18 heavy (non-hydrogen) atoms. The number of halogens is 2. The van der Waals surface area contributed by atoms with E-state index in [2.05, 4.69) is 0 Å². The molecule has 1 saturated heterocycles. The average molecular weight is 254 g/mol. The summed E-state index contributed by atoms with van der Waals surface area (Å²) in [5.74, 6) is -2.06. The van der Waals surface area contributed by atoms with Crippen molar-refractivity contribution in [3.63, 3.8) is 0 Å². The van der Waals surface area contributed by atoms with Crippen molar-refractivity contribution < 1.29 is 13.6 Å². The first-order chi connectivity index (χ1) is 8.58. The zero-order chi connectivity index (χ0) is 13.1. The molecule has 5 heteroatoms. The summed E-state index contributed by atoms with van der Waals surface area (Å²) in [6.07, 6.45) is 1.65. The molecule has 0 bridgehead atoms. The van der Waals surface area contributed by atoms with Crippen LogP contribution in [-0.4, -0.2) is 29.9 Å². The molecule has 1 atom stereocenters. The number of piperidine rings is 1. The molecule has 98 valence electrons. The molecule has 1 amide bonds. The van der Waals surface area contributed by atoms with Gasteiger partial charge in [0.25, 0.3) is 0 Å². The van der Waals surface area contributed by atoms with Gasteiger partial charge in [-0.1, -0.05) is 12.1 Å². The lowest BCUT2D eigenvalue weighted by Crippen LogP contribution is -2.46. The molecule has 1 aliphatic rings.